The molecule has 3 heterocycles. The number of carbonyl (C=O) groups is 1. The van der Waals surface area contributed by atoms with E-state index in [1.165, 1.54) is 17.8 Å². The number of aliphatic imine (C=N–C) groups is 1. The molecule has 42 heavy (non-hydrogen) atoms. The van der Waals surface area contributed by atoms with Crippen molar-refractivity contribution in [1.29, 1.82) is 0 Å². The monoisotopic (exact) mass is 624 g/mol. The second-order valence-corrected chi connectivity index (χ2v) is 13.6. The Morgan fingerprint density at radius 2 is 2.07 bits per heavy atom. The van der Waals surface area contributed by atoms with Crippen LogP contribution < -0.4 is 16.1 Å². The van der Waals surface area contributed by atoms with Crippen LogP contribution >= 0.6 is 19.5 Å². The minimum absolute atomic E-state index is 0.0784. The summed E-state index contributed by atoms with van der Waals surface area (Å²) < 4.78 is 32.5. The van der Waals surface area contributed by atoms with Crippen molar-refractivity contribution >= 4 is 42.1 Å². The van der Waals surface area contributed by atoms with Gasteiger partial charge >= 0.3 is 7.75 Å². The van der Waals surface area contributed by atoms with Gasteiger partial charge in [0, 0.05) is 12.3 Å². The highest BCUT2D eigenvalue weighted by Crippen LogP contribution is 2.47. The Morgan fingerprint density at radius 1 is 1.36 bits per heavy atom. The van der Waals surface area contributed by atoms with Gasteiger partial charge in [-0.25, -0.2) is 14.6 Å². The van der Waals surface area contributed by atoms with E-state index in [1.54, 1.807) is 13.8 Å². The summed E-state index contributed by atoms with van der Waals surface area (Å²) in [7, 11) is -4.00. The first-order valence-electron chi connectivity index (χ1n) is 13.2. The molecule has 16 heteroatoms. The molecular formula is C26H37N6O8PS. The van der Waals surface area contributed by atoms with Crippen molar-refractivity contribution in [3.63, 3.8) is 0 Å². The number of hydrogen-bond acceptors (Lipinski definition) is 13. The molecule has 1 aromatic heterocycles. The van der Waals surface area contributed by atoms with Gasteiger partial charge in [-0.05, 0) is 26.3 Å². The van der Waals surface area contributed by atoms with Crippen LogP contribution in [0.2, 0.25) is 0 Å². The fourth-order valence-electron chi connectivity index (χ4n) is 4.22. The van der Waals surface area contributed by atoms with Crippen LogP contribution in [0.1, 0.15) is 38.3 Å². The molecule has 1 saturated heterocycles. The van der Waals surface area contributed by atoms with Crippen LogP contribution in [0.5, 0.6) is 0 Å². The number of carbonyl (C=O) groups excluding carboxylic acids is 1. The number of thioether (sulfide) groups is 1. The third-order valence-corrected chi connectivity index (χ3v) is 9.56. The Bertz CT molecular complexity index is 1370. The predicted octanol–water partition coefficient (Wildman–Crippen LogP) is 1.62. The van der Waals surface area contributed by atoms with E-state index in [0.717, 1.165) is 17.3 Å². The number of aliphatic hydroxyl groups excluding tert-OH is 2. The van der Waals surface area contributed by atoms with Crippen molar-refractivity contribution < 1.29 is 38.5 Å². The Morgan fingerprint density at radius 3 is 2.76 bits per heavy atom. The molecular weight excluding hydrogens is 587 g/mol. The Kier molecular flexibility index (Phi) is 9.97. The standard InChI is InChI=1S/C26H37N6O8PS/c1-16-19-21(31-24(27)30-16)32(15-28-19)22-26(4,36)20(34)18(40-22)13-39-41(37,29-12-17-8-6-5-7-9-17)38-10-11-42-23(35)25(2,3)14-33/h5-9,15,18,20,22,33-34,36H,1,10-14H2,2-4H3,(H,29,37)(H3,27,30,31)/t18-,20-,22-,26-,41+/m1/s1. The molecule has 0 saturated carbocycles. The Balaban J connectivity index is 1.45. The second kappa shape index (κ2) is 13.0. The van der Waals surface area contributed by atoms with Gasteiger partial charge in [-0.3, -0.25) is 18.4 Å². The summed E-state index contributed by atoms with van der Waals surface area (Å²) in [6.07, 6.45) is -2.33. The number of ether oxygens (including phenoxy) is 1. The molecule has 0 aliphatic carbocycles. The first kappa shape index (κ1) is 32.3. The van der Waals surface area contributed by atoms with Crippen molar-refractivity contribution in [2.75, 3.05) is 25.6 Å². The van der Waals surface area contributed by atoms with Crippen LogP contribution in [0.4, 0.5) is 5.82 Å². The summed E-state index contributed by atoms with van der Waals surface area (Å²) in [5.74, 6) is 0.525. The van der Waals surface area contributed by atoms with Crippen LogP contribution in [0.25, 0.3) is 5.70 Å². The number of nitrogens with one attached hydrogen (secondary N) is 2. The lowest BCUT2D eigenvalue weighted by Gasteiger charge is -2.28. The summed E-state index contributed by atoms with van der Waals surface area (Å²) in [6.45, 7) is 7.83. The third-order valence-electron chi connectivity index (χ3n) is 6.82. The minimum Gasteiger partial charge on any atom is -0.395 e. The van der Waals surface area contributed by atoms with Crippen molar-refractivity contribution in [2.24, 2.45) is 16.1 Å². The van der Waals surface area contributed by atoms with E-state index in [2.05, 4.69) is 27.0 Å². The fourth-order valence-corrected chi connectivity index (χ4v) is 6.46. The number of rotatable bonds is 13. The van der Waals surface area contributed by atoms with Gasteiger partial charge in [0.15, 0.2) is 23.1 Å². The van der Waals surface area contributed by atoms with Crippen molar-refractivity contribution in [3.8, 4) is 0 Å². The van der Waals surface area contributed by atoms with Gasteiger partial charge in [0.1, 0.15) is 23.5 Å². The number of nitrogens with two attached hydrogens (primary N) is 1. The van der Waals surface area contributed by atoms with Crippen LogP contribution in [-0.4, -0.2) is 79.3 Å². The zero-order chi connectivity index (χ0) is 30.7. The molecule has 230 valence electrons. The van der Waals surface area contributed by atoms with E-state index in [4.69, 9.17) is 19.5 Å². The van der Waals surface area contributed by atoms with Gasteiger partial charge < -0.3 is 31.1 Å². The summed E-state index contributed by atoms with van der Waals surface area (Å²) in [6, 6.07) is 9.18. The number of aromatic nitrogens is 2. The van der Waals surface area contributed by atoms with Gasteiger partial charge in [-0.1, -0.05) is 48.7 Å². The minimum atomic E-state index is -4.00. The van der Waals surface area contributed by atoms with E-state index in [1.807, 2.05) is 30.3 Å². The highest BCUT2D eigenvalue weighted by molar-refractivity contribution is 8.13. The first-order chi connectivity index (χ1) is 19.8. The maximum Gasteiger partial charge on any atom is 0.405 e. The molecule has 0 bridgehead atoms. The largest absolute Gasteiger partial charge is 0.405 e. The van der Waals surface area contributed by atoms with Crippen LogP contribution in [0, 0.1) is 5.41 Å². The molecule has 7 N–H and O–H groups in total. The number of guanidine groups is 1. The normalized spacial score (nSPS) is 25.4. The van der Waals surface area contributed by atoms with Crippen LogP contribution in [-0.2, 0) is 29.7 Å². The first-order valence-corrected chi connectivity index (χ1v) is 15.7. The SMILES string of the molecule is C=C1NC(N)=Nc2c1ncn2[C@@H]1O[C@H](CO[P@](=O)(NCc2ccccc2)OCCSC(=O)C(C)(C)CO)[C@@H](O)[C@@]1(C)O. The maximum atomic E-state index is 13.7. The zero-order valence-electron chi connectivity index (χ0n) is 23.6. The molecule has 0 amide bonds. The lowest BCUT2D eigenvalue weighted by atomic mass is 9.96. The van der Waals surface area contributed by atoms with E-state index in [0.29, 0.717) is 11.4 Å². The molecule has 2 aromatic rings. The average molecular weight is 625 g/mol. The second-order valence-electron chi connectivity index (χ2n) is 10.7. The maximum absolute atomic E-state index is 13.7. The summed E-state index contributed by atoms with van der Waals surface area (Å²) >= 11 is 0.952. The van der Waals surface area contributed by atoms with Gasteiger partial charge in [-0.2, -0.15) is 4.99 Å². The van der Waals surface area contributed by atoms with E-state index in [-0.39, 0.29) is 42.4 Å². The predicted molar refractivity (Wildman–Crippen MR) is 157 cm³/mol. The topological polar surface area (TPSA) is 203 Å². The quantitative estimate of drug-likeness (QED) is 0.139. The van der Waals surface area contributed by atoms with Gasteiger partial charge in [0.05, 0.1) is 37.3 Å². The molecule has 1 fully saturated rings. The zero-order valence-corrected chi connectivity index (χ0v) is 25.3. The van der Waals surface area contributed by atoms with Crippen molar-refractivity contribution in [2.45, 2.75) is 51.4 Å². The average Bonchev–Trinajstić information content (AvgIpc) is 3.47. The third kappa shape index (κ3) is 7.13. The van der Waals surface area contributed by atoms with Gasteiger partial charge in [0.2, 0.25) is 0 Å². The number of aliphatic hydroxyl groups is 3. The molecule has 2 aliphatic rings. The number of benzene rings is 1. The van der Waals surface area contributed by atoms with Gasteiger partial charge in [0.25, 0.3) is 0 Å². The Hall–Kier alpha value is -2.59. The Labute approximate surface area is 247 Å². The summed E-state index contributed by atoms with van der Waals surface area (Å²) in [4.78, 5) is 20.8. The molecule has 2 aliphatic heterocycles. The van der Waals surface area contributed by atoms with Crippen LogP contribution in [0.3, 0.4) is 0 Å². The number of nitrogens with zero attached hydrogens (tertiary/aromatic N) is 3. The summed E-state index contributed by atoms with van der Waals surface area (Å²) in [5.41, 5.74) is 4.72. The van der Waals surface area contributed by atoms with E-state index >= 15 is 0 Å². The molecule has 1 aromatic carbocycles. The molecule has 4 rings (SSSR count). The highest BCUT2D eigenvalue weighted by Gasteiger charge is 2.54. The summed E-state index contributed by atoms with van der Waals surface area (Å²) in [5, 5.41) is 37.0. The number of imidazole rings is 1. The highest BCUT2D eigenvalue weighted by atomic mass is 32.2. The molecule has 0 spiro atoms. The fraction of sp³-hybridized carbons (Fsp3) is 0.500. The molecule has 14 nitrogen and oxygen atoms in total. The lowest BCUT2D eigenvalue weighted by molar-refractivity contribution is -0.119. The smallest absolute Gasteiger partial charge is 0.395 e. The number of fused-ring (bicyclic) bond motifs is 1. The molecule has 0 unspecified atom stereocenters. The van der Waals surface area contributed by atoms with E-state index in [9.17, 15) is 24.7 Å². The molecule has 5 atom stereocenters. The van der Waals surface area contributed by atoms with Gasteiger partial charge in [-0.15, -0.1) is 0 Å². The van der Waals surface area contributed by atoms with Crippen molar-refractivity contribution in [1.82, 2.24) is 20.0 Å². The van der Waals surface area contributed by atoms with E-state index < -0.39 is 43.8 Å². The molecule has 0 radical (unpaired) electrons. The lowest BCUT2D eigenvalue weighted by Crippen LogP contribution is -2.44. The van der Waals surface area contributed by atoms with Crippen LogP contribution in [0.15, 0.2) is 48.2 Å². The number of hydrogen-bond donors (Lipinski definition) is 6. The van der Waals surface area contributed by atoms with Crippen molar-refractivity contribution in [3.05, 3.63) is 54.5 Å².